The highest BCUT2D eigenvalue weighted by molar-refractivity contribution is 6.04. The Balaban J connectivity index is 1.52. The number of hydrogen-bond acceptors (Lipinski definition) is 4. The van der Waals surface area contributed by atoms with Crippen LogP contribution in [0, 0.1) is 12.3 Å². The Morgan fingerprint density at radius 1 is 1.12 bits per heavy atom. The lowest BCUT2D eigenvalue weighted by molar-refractivity contribution is 0.0915. The molecule has 0 fully saturated rings. The van der Waals surface area contributed by atoms with Crippen LogP contribution in [0.25, 0.3) is 16.5 Å². The van der Waals surface area contributed by atoms with Crippen molar-refractivity contribution in [2.24, 2.45) is 5.41 Å². The molecule has 4 aromatic rings. The van der Waals surface area contributed by atoms with Gasteiger partial charge in [-0.1, -0.05) is 49.7 Å². The molecule has 1 atom stereocenters. The lowest BCUT2D eigenvalue weighted by atomic mass is 9.74. The van der Waals surface area contributed by atoms with E-state index in [0.717, 1.165) is 29.8 Å². The van der Waals surface area contributed by atoms with Crippen LogP contribution < -0.4 is 10.9 Å². The number of carbonyl (C=O) groups is 1. The number of H-pyrrole nitrogens is 1. The first-order chi connectivity index (χ1) is 15.3. The summed E-state index contributed by atoms with van der Waals surface area (Å²) in [6, 6.07) is 15.1. The maximum Gasteiger partial charge on any atom is 0.272 e. The highest BCUT2D eigenvalue weighted by Crippen LogP contribution is 2.41. The van der Waals surface area contributed by atoms with Gasteiger partial charge in [0.05, 0.1) is 29.0 Å². The first kappa shape index (κ1) is 20.2. The highest BCUT2D eigenvalue weighted by atomic mass is 16.2. The number of benzene rings is 2. The van der Waals surface area contributed by atoms with Crippen molar-refractivity contribution in [3.63, 3.8) is 0 Å². The summed E-state index contributed by atoms with van der Waals surface area (Å²) >= 11 is 0. The summed E-state index contributed by atoms with van der Waals surface area (Å²) in [5.41, 5.74) is 4.22. The topological polar surface area (TPSA) is 92.7 Å². The van der Waals surface area contributed by atoms with Gasteiger partial charge in [0.2, 0.25) is 0 Å². The van der Waals surface area contributed by atoms with Crippen molar-refractivity contribution < 1.29 is 4.79 Å². The van der Waals surface area contributed by atoms with Gasteiger partial charge in [-0.25, -0.2) is 9.78 Å². The zero-order chi connectivity index (χ0) is 22.5. The molecule has 0 spiro atoms. The number of nitrogens with one attached hydrogen (secondary N) is 2. The lowest BCUT2D eigenvalue weighted by Gasteiger charge is -2.36. The molecular formula is C25H25N5O2. The third-order valence-corrected chi connectivity index (χ3v) is 6.17. The third-order valence-electron chi connectivity index (χ3n) is 6.17. The molecule has 2 N–H and O–H groups in total. The van der Waals surface area contributed by atoms with Crippen molar-refractivity contribution in [3.8, 4) is 5.69 Å². The van der Waals surface area contributed by atoms with Gasteiger partial charge in [-0.05, 0) is 43.4 Å². The van der Waals surface area contributed by atoms with E-state index in [1.165, 1.54) is 5.56 Å². The Morgan fingerprint density at radius 2 is 1.84 bits per heavy atom. The van der Waals surface area contributed by atoms with Gasteiger partial charge in [0.15, 0.2) is 5.69 Å². The predicted molar refractivity (Wildman–Crippen MR) is 123 cm³/mol. The van der Waals surface area contributed by atoms with E-state index in [0.29, 0.717) is 10.8 Å². The molecule has 2 heterocycles. The van der Waals surface area contributed by atoms with E-state index < -0.39 is 0 Å². The number of fused-ring (bicyclic) bond motifs is 2. The predicted octanol–water partition coefficient (Wildman–Crippen LogP) is 3.86. The normalized spacial score (nSPS) is 17.2. The zero-order valence-corrected chi connectivity index (χ0v) is 18.3. The van der Waals surface area contributed by atoms with Crippen molar-refractivity contribution in [1.29, 1.82) is 0 Å². The lowest BCUT2D eigenvalue weighted by Crippen LogP contribution is -2.37. The summed E-state index contributed by atoms with van der Waals surface area (Å²) in [6.07, 6.45) is 3.50. The summed E-state index contributed by atoms with van der Waals surface area (Å²) < 4.78 is 1.97. The minimum absolute atomic E-state index is 0.0199. The van der Waals surface area contributed by atoms with Crippen molar-refractivity contribution in [3.05, 3.63) is 87.6 Å². The van der Waals surface area contributed by atoms with Crippen LogP contribution in [0.3, 0.4) is 0 Å². The molecule has 162 valence electrons. The van der Waals surface area contributed by atoms with Crippen molar-refractivity contribution in [2.45, 2.75) is 39.7 Å². The fourth-order valence-corrected chi connectivity index (χ4v) is 4.59. The van der Waals surface area contributed by atoms with Gasteiger partial charge in [0.1, 0.15) is 0 Å². The summed E-state index contributed by atoms with van der Waals surface area (Å²) in [5.74, 6) is -0.311. The van der Waals surface area contributed by atoms with Gasteiger partial charge in [0.25, 0.3) is 11.5 Å². The van der Waals surface area contributed by atoms with Gasteiger partial charge in [-0.3, -0.25) is 9.59 Å². The summed E-state index contributed by atoms with van der Waals surface area (Å²) in [4.78, 5) is 25.3. The van der Waals surface area contributed by atoms with Crippen LogP contribution in [0.4, 0.5) is 0 Å². The molecule has 0 aliphatic heterocycles. The van der Waals surface area contributed by atoms with E-state index >= 15 is 0 Å². The molecule has 0 bridgehead atoms. The van der Waals surface area contributed by atoms with E-state index in [1.807, 2.05) is 10.9 Å². The average molecular weight is 428 g/mol. The quantitative estimate of drug-likeness (QED) is 0.519. The minimum atomic E-state index is -0.311. The smallest absolute Gasteiger partial charge is 0.272 e. The SMILES string of the molecule is Cc1ccc(-n2ncc3c2CC(C)(C)C[C@H]3NC(=O)c2n[nH]c(=O)c3ccccc23)cc1. The molecule has 1 aliphatic rings. The van der Waals surface area contributed by atoms with E-state index in [1.54, 1.807) is 24.3 Å². The first-order valence-corrected chi connectivity index (χ1v) is 10.7. The standard InChI is InChI=1S/C25H25N5O2/c1-15-8-10-16(11-9-15)30-21-13-25(2,3)12-20(19(21)14-26-30)27-24(32)22-17-6-4-5-7-18(17)23(31)29-28-22/h4-11,14,20H,12-13H2,1-3H3,(H,27,32)(H,29,31)/t20-/m1/s1. The Bertz CT molecular complexity index is 1380. The Labute approximate surface area is 185 Å². The summed E-state index contributed by atoms with van der Waals surface area (Å²) in [6.45, 7) is 6.47. The number of aryl methyl sites for hydroxylation is 1. The number of nitrogens with zero attached hydrogens (tertiary/aromatic N) is 3. The molecule has 0 unspecified atom stereocenters. The zero-order valence-electron chi connectivity index (χ0n) is 18.3. The number of hydrogen-bond donors (Lipinski definition) is 2. The van der Waals surface area contributed by atoms with Gasteiger partial charge in [0, 0.05) is 10.9 Å². The van der Waals surface area contributed by atoms with E-state index in [-0.39, 0.29) is 28.6 Å². The third kappa shape index (κ3) is 3.49. The molecule has 7 heteroatoms. The average Bonchev–Trinajstić information content (AvgIpc) is 3.17. The second-order valence-corrected chi connectivity index (χ2v) is 9.31. The monoisotopic (exact) mass is 427 g/mol. The van der Waals surface area contributed by atoms with Gasteiger partial charge in [-0.15, -0.1) is 0 Å². The first-order valence-electron chi connectivity index (χ1n) is 10.7. The molecule has 5 rings (SSSR count). The van der Waals surface area contributed by atoms with E-state index in [9.17, 15) is 9.59 Å². The second kappa shape index (κ2) is 7.44. The molecule has 32 heavy (non-hydrogen) atoms. The maximum absolute atomic E-state index is 13.3. The number of carbonyl (C=O) groups excluding carboxylic acids is 1. The van der Waals surface area contributed by atoms with Gasteiger partial charge < -0.3 is 5.32 Å². The molecule has 2 aromatic heterocycles. The van der Waals surface area contributed by atoms with Crippen LogP contribution in [-0.2, 0) is 6.42 Å². The van der Waals surface area contributed by atoms with E-state index in [4.69, 9.17) is 0 Å². The molecule has 7 nitrogen and oxygen atoms in total. The molecule has 1 aliphatic carbocycles. The number of aromatic nitrogens is 4. The van der Waals surface area contributed by atoms with Crippen LogP contribution in [0.5, 0.6) is 0 Å². The molecule has 0 saturated heterocycles. The van der Waals surface area contributed by atoms with Crippen LogP contribution in [0.2, 0.25) is 0 Å². The number of rotatable bonds is 3. The largest absolute Gasteiger partial charge is 0.344 e. The van der Waals surface area contributed by atoms with Crippen LogP contribution in [0.1, 0.15) is 53.6 Å². The maximum atomic E-state index is 13.3. The molecule has 0 radical (unpaired) electrons. The van der Waals surface area contributed by atoms with Gasteiger partial charge >= 0.3 is 0 Å². The fraction of sp³-hybridized carbons (Fsp3) is 0.280. The minimum Gasteiger partial charge on any atom is -0.344 e. The van der Waals surface area contributed by atoms with Crippen LogP contribution in [-0.4, -0.2) is 25.9 Å². The van der Waals surface area contributed by atoms with Crippen molar-refractivity contribution >= 4 is 16.7 Å². The Morgan fingerprint density at radius 3 is 2.59 bits per heavy atom. The molecule has 2 aromatic carbocycles. The van der Waals surface area contributed by atoms with Crippen molar-refractivity contribution in [1.82, 2.24) is 25.3 Å². The number of amides is 1. The number of aromatic amines is 1. The summed E-state index contributed by atoms with van der Waals surface area (Å²) in [5, 5.41) is 15.3. The summed E-state index contributed by atoms with van der Waals surface area (Å²) in [7, 11) is 0. The van der Waals surface area contributed by atoms with E-state index in [2.05, 4.69) is 65.6 Å². The van der Waals surface area contributed by atoms with Gasteiger partial charge in [-0.2, -0.15) is 10.2 Å². The molecular weight excluding hydrogens is 402 g/mol. The second-order valence-electron chi connectivity index (χ2n) is 9.31. The molecule has 0 saturated carbocycles. The van der Waals surface area contributed by atoms with Crippen LogP contribution in [0.15, 0.2) is 59.5 Å². The Hall–Kier alpha value is -3.74. The highest BCUT2D eigenvalue weighted by Gasteiger charge is 2.36. The molecule has 1 amide bonds. The van der Waals surface area contributed by atoms with Crippen LogP contribution >= 0.6 is 0 Å². The van der Waals surface area contributed by atoms with Crippen molar-refractivity contribution in [2.75, 3.05) is 0 Å². The Kier molecular flexibility index (Phi) is 4.69. The fourth-order valence-electron chi connectivity index (χ4n) is 4.59.